The first-order valence-corrected chi connectivity index (χ1v) is 7.07. The molecule has 1 aromatic heterocycles. The molecule has 0 saturated carbocycles. The molecule has 0 N–H and O–H groups in total. The number of halogens is 4. The second-order valence-electron chi connectivity index (χ2n) is 4.63. The van der Waals surface area contributed by atoms with Gasteiger partial charge in [0.1, 0.15) is 17.3 Å². The quantitative estimate of drug-likeness (QED) is 0.587. The van der Waals surface area contributed by atoms with Crippen molar-refractivity contribution in [3.05, 3.63) is 58.9 Å². The number of imidazole rings is 1. The molecule has 0 aliphatic heterocycles. The molecule has 0 aliphatic rings. The third kappa shape index (κ3) is 2.39. The SMILES string of the molecule is CC(Cl)c1nc2ccccc2n1-c1c(F)cc(F)cc1Cl. The lowest BCUT2D eigenvalue weighted by atomic mass is 10.2. The second kappa shape index (κ2) is 5.28. The van der Waals surface area contributed by atoms with Crippen molar-refractivity contribution >= 4 is 34.2 Å². The molecule has 6 heteroatoms. The van der Waals surface area contributed by atoms with E-state index in [2.05, 4.69) is 4.98 Å². The van der Waals surface area contributed by atoms with E-state index in [4.69, 9.17) is 23.2 Å². The van der Waals surface area contributed by atoms with Gasteiger partial charge >= 0.3 is 0 Å². The fourth-order valence-electron chi connectivity index (χ4n) is 2.29. The fourth-order valence-corrected chi connectivity index (χ4v) is 2.72. The topological polar surface area (TPSA) is 17.8 Å². The van der Waals surface area contributed by atoms with E-state index in [1.54, 1.807) is 25.1 Å². The van der Waals surface area contributed by atoms with E-state index in [0.717, 1.165) is 12.1 Å². The van der Waals surface area contributed by atoms with E-state index in [9.17, 15) is 8.78 Å². The molecule has 3 rings (SSSR count). The van der Waals surface area contributed by atoms with Crippen molar-refractivity contribution in [2.24, 2.45) is 0 Å². The predicted molar refractivity (Wildman–Crippen MR) is 80.3 cm³/mol. The Hall–Kier alpha value is -1.65. The second-order valence-corrected chi connectivity index (χ2v) is 5.69. The molecule has 0 spiro atoms. The Morgan fingerprint density at radius 2 is 1.90 bits per heavy atom. The third-order valence-corrected chi connectivity index (χ3v) is 3.63. The monoisotopic (exact) mass is 326 g/mol. The van der Waals surface area contributed by atoms with Gasteiger partial charge in [0.05, 0.1) is 21.4 Å². The summed E-state index contributed by atoms with van der Waals surface area (Å²) in [5.74, 6) is -1.04. The maximum Gasteiger partial charge on any atom is 0.151 e. The highest BCUT2D eigenvalue weighted by molar-refractivity contribution is 6.32. The lowest BCUT2D eigenvalue weighted by Crippen LogP contribution is -2.05. The maximum absolute atomic E-state index is 14.2. The summed E-state index contributed by atoms with van der Waals surface area (Å²) in [5, 5.41) is -0.493. The molecule has 0 saturated heterocycles. The number of benzene rings is 2. The molecule has 3 aromatic rings. The molecule has 0 amide bonds. The minimum absolute atomic E-state index is 0.0331. The fraction of sp³-hybridized carbons (Fsp3) is 0.133. The molecule has 1 unspecified atom stereocenters. The number of para-hydroxylation sites is 2. The van der Waals surface area contributed by atoms with Gasteiger partial charge in [-0.15, -0.1) is 11.6 Å². The molecule has 0 fully saturated rings. The van der Waals surface area contributed by atoms with E-state index in [0.29, 0.717) is 16.9 Å². The first-order valence-electron chi connectivity index (χ1n) is 6.25. The molecule has 0 radical (unpaired) electrons. The number of aromatic nitrogens is 2. The van der Waals surface area contributed by atoms with Crippen LogP contribution in [0.2, 0.25) is 5.02 Å². The van der Waals surface area contributed by atoms with Gasteiger partial charge in [-0.05, 0) is 25.1 Å². The standard InChI is InChI=1S/C15H10Cl2F2N2/c1-8(16)15-20-12-4-2-3-5-13(12)21(15)14-10(17)6-9(18)7-11(14)19/h2-8H,1H3. The molecule has 0 aliphatic carbocycles. The zero-order chi connectivity index (χ0) is 15.1. The number of hydrogen-bond acceptors (Lipinski definition) is 1. The van der Waals surface area contributed by atoms with Crippen LogP contribution in [0.1, 0.15) is 18.1 Å². The van der Waals surface area contributed by atoms with Crippen molar-refractivity contribution in [3.8, 4) is 5.69 Å². The summed E-state index contributed by atoms with van der Waals surface area (Å²) in [5.41, 5.74) is 1.38. The van der Waals surface area contributed by atoms with Crippen LogP contribution in [0.15, 0.2) is 36.4 Å². The zero-order valence-corrected chi connectivity index (χ0v) is 12.5. The molecule has 108 valence electrons. The van der Waals surface area contributed by atoms with Gasteiger partial charge in [-0.1, -0.05) is 23.7 Å². The smallest absolute Gasteiger partial charge is 0.151 e. The van der Waals surface area contributed by atoms with Gasteiger partial charge in [-0.2, -0.15) is 0 Å². The number of alkyl halides is 1. The van der Waals surface area contributed by atoms with Crippen LogP contribution < -0.4 is 0 Å². The van der Waals surface area contributed by atoms with E-state index in [1.807, 2.05) is 6.07 Å². The summed E-state index contributed by atoms with van der Waals surface area (Å²) in [7, 11) is 0. The van der Waals surface area contributed by atoms with Gasteiger partial charge in [-0.25, -0.2) is 13.8 Å². The highest BCUT2D eigenvalue weighted by atomic mass is 35.5. The first kappa shape index (κ1) is 14.3. The van der Waals surface area contributed by atoms with Crippen molar-refractivity contribution in [1.29, 1.82) is 0 Å². The summed E-state index contributed by atoms with van der Waals surface area (Å²) >= 11 is 12.2. The van der Waals surface area contributed by atoms with Crippen molar-refractivity contribution in [1.82, 2.24) is 9.55 Å². The maximum atomic E-state index is 14.2. The van der Waals surface area contributed by atoms with Gasteiger partial charge in [0.2, 0.25) is 0 Å². The van der Waals surface area contributed by atoms with Gasteiger partial charge in [0.15, 0.2) is 5.82 Å². The van der Waals surface area contributed by atoms with Crippen LogP contribution in [0.3, 0.4) is 0 Å². The first-order chi connectivity index (χ1) is 9.99. The van der Waals surface area contributed by atoms with Gasteiger partial charge in [0, 0.05) is 6.07 Å². The average Bonchev–Trinajstić information content (AvgIpc) is 2.77. The zero-order valence-electron chi connectivity index (χ0n) is 10.9. The molecular formula is C15H10Cl2F2N2. The molecule has 2 nitrogen and oxygen atoms in total. The van der Waals surface area contributed by atoms with Gasteiger partial charge < -0.3 is 0 Å². The Balaban J connectivity index is 2.42. The van der Waals surface area contributed by atoms with Crippen LogP contribution in [-0.2, 0) is 0 Å². The Morgan fingerprint density at radius 1 is 1.19 bits per heavy atom. The molecule has 1 heterocycles. The van der Waals surface area contributed by atoms with E-state index >= 15 is 0 Å². The van der Waals surface area contributed by atoms with E-state index in [-0.39, 0.29) is 10.7 Å². The Bertz CT molecular complexity index is 805. The van der Waals surface area contributed by atoms with Crippen molar-refractivity contribution in [2.75, 3.05) is 0 Å². The summed E-state index contributed by atoms with van der Waals surface area (Å²) < 4.78 is 29.0. The predicted octanol–water partition coefficient (Wildman–Crippen LogP) is 5.26. The van der Waals surface area contributed by atoms with Gasteiger partial charge in [-0.3, -0.25) is 4.57 Å². The summed E-state index contributed by atoms with van der Waals surface area (Å²) in [4.78, 5) is 4.41. The summed E-state index contributed by atoms with van der Waals surface area (Å²) in [6, 6.07) is 9.06. The molecule has 1 atom stereocenters. The largest absolute Gasteiger partial charge is 0.291 e. The van der Waals surface area contributed by atoms with Crippen LogP contribution in [0.5, 0.6) is 0 Å². The molecule has 0 bridgehead atoms. The number of hydrogen-bond donors (Lipinski definition) is 0. The number of rotatable bonds is 2. The summed E-state index contributed by atoms with van der Waals surface area (Å²) in [6.07, 6.45) is 0. The minimum atomic E-state index is -0.762. The molecule has 2 aromatic carbocycles. The normalized spacial score (nSPS) is 12.8. The van der Waals surface area contributed by atoms with Crippen molar-refractivity contribution in [2.45, 2.75) is 12.3 Å². The number of fused-ring (bicyclic) bond motifs is 1. The van der Waals surface area contributed by atoms with Crippen LogP contribution in [0, 0.1) is 11.6 Å². The van der Waals surface area contributed by atoms with Crippen LogP contribution in [0.25, 0.3) is 16.7 Å². The highest BCUT2D eigenvalue weighted by Gasteiger charge is 2.21. The van der Waals surface area contributed by atoms with Crippen LogP contribution in [-0.4, -0.2) is 9.55 Å². The molecular weight excluding hydrogens is 317 g/mol. The van der Waals surface area contributed by atoms with Crippen molar-refractivity contribution in [3.63, 3.8) is 0 Å². The lowest BCUT2D eigenvalue weighted by molar-refractivity contribution is 0.577. The Kier molecular flexibility index (Phi) is 3.59. The van der Waals surface area contributed by atoms with Gasteiger partial charge in [0.25, 0.3) is 0 Å². The van der Waals surface area contributed by atoms with Crippen LogP contribution in [0.4, 0.5) is 8.78 Å². The third-order valence-electron chi connectivity index (χ3n) is 3.15. The minimum Gasteiger partial charge on any atom is -0.291 e. The Labute approximate surface area is 129 Å². The van der Waals surface area contributed by atoms with E-state index in [1.165, 1.54) is 4.57 Å². The Morgan fingerprint density at radius 3 is 2.57 bits per heavy atom. The molecule has 21 heavy (non-hydrogen) atoms. The average molecular weight is 327 g/mol. The summed E-state index contributed by atoms with van der Waals surface area (Å²) in [6.45, 7) is 1.73. The van der Waals surface area contributed by atoms with Crippen LogP contribution >= 0.6 is 23.2 Å². The highest BCUT2D eigenvalue weighted by Crippen LogP contribution is 2.33. The number of nitrogens with zero attached hydrogens (tertiary/aromatic N) is 2. The van der Waals surface area contributed by atoms with E-state index < -0.39 is 17.0 Å². The van der Waals surface area contributed by atoms with Crippen molar-refractivity contribution < 1.29 is 8.78 Å². The lowest BCUT2D eigenvalue weighted by Gasteiger charge is -2.13.